The number of amides is 2. The smallest absolute Gasteiger partial charge is 0.417 e. The van der Waals surface area contributed by atoms with Crippen molar-refractivity contribution in [2.75, 3.05) is 13.6 Å². The van der Waals surface area contributed by atoms with Crippen molar-refractivity contribution in [3.63, 3.8) is 0 Å². The van der Waals surface area contributed by atoms with Crippen LogP contribution in [0.4, 0.5) is 13.2 Å². The summed E-state index contributed by atoms with van der Waals surface area (Å²) in [6.45, 7) is 7.96. The average molecular weight is 526 g/mol. The normalized spacial score (nSPS) is 25.1. The minimum atomic E-state index is -4.69. The fraction of sp³-hybridized carbons (Fsp3) is 0.667. The Kier molecular flexibility index (Phi) is 8.61. The summed E-state index contributed by atoms with van der Waals surface area (Å²) in [5.41, 5.74) is -2.53. The summed E-state index contributed by atoms with van der Waals surface area (Å²) in [4.78, 5) is 42.0. The highest BCUT2D eigenvalue weighted by Crippen LogP contribution is 2.40. The number of nitrogens with one attached hydrogen (secondary N) is 1. The van der Waals surface area contributed by atoms with E-state index in [9.17, 15) is 32.7 Å². The summed E-state index contributed by atoms with van der Waals surface area (Å²) in [7, 11) is 2.06. The average Bonchev–Trinajstić information content (AvgIpc) is 3.17. The van der Waals surface area contributed by atoms with E-state index in [1.165, 1.54) is 12.1 Å². The molecule has 1 aliphatic heterocycles. The largest absolute Gasteiger partial charge is 0.481 e. The van der Waals surface area contributed by atoms with Crippen molar-refractivity contribution >= 4 is 17.8 Å². The van der Waals surface area contributed by atoms with Gasteiger partial charge in [0.25, 0.3) is 5.91 Å². The molecular weight excluding hydrogens is 487 g/mol. The molecule has 4 atom stereocenters. The van der Waals surface area contributed by atoms with Crippen LogP contribution in [0.1, 0.15) is 75.7 Å². The Balaban J connectivity index is 1.77. The molecule has 1 unspecified atom stereocenters. The second-order valence-corrected chi connectivity index (χ2v) is 11.3. The molecule has 2 amide bonds. The molecule has 0 aromatic heterocycles. The molecule has 1 saturated heterocycles. The molecule has 10 heteroatoms. The van der Waals surface area contributed by atoms with Crippen molar-refractivity contribution in [1.29, 1.82) is 0 Å². The topological polar surface area (TPSA) is 90.0 Å². The molecule has 1 heterocycles. The SMILES string of the molecule is CC(C)N(C)[C@@H]1CC[C@H](N2CCC(NC(=O)c3ccccc3C(F)(F)F)C2=O)[C@H](CC(C)(C)C(=O)O)C1. The van der Waals surface area contributed by atoms with Gasteiger partial charge in [0.05, 0.1) is 16.5 Å². The van der Waals surface area contributed by atoms with Crippen LogP contribution >= 0.6 is 0 Å². The van der Waals surface area contributed by atoms with Crippen LogP contribution in [0.15, 0.2) is 24.3 Å². The molecule has 2 N–H and O–H groups in total. The Morgan fingerprint density at radius 2 is 1.81 bits per heavy atom. The van der Waals surface area contributed by atoms with Crippen LogP contribution in [0.5, 0.6) is 0 Å². The van der Waals surface area contributed by atoms with Gasteiger partial charge in [-0.05, 0) is 84.9 Å². The van der Waals surface area contributed by atoms with Crippen molar-refractivity contribution < 1.29 is 32.7 Å². The number of rotatable bonds is 8. The van der Waals surface area contributed by atoms with Gasteiger partial charge in [-0.15, -0.1) is 0 Å². The van der Waals surface area contributed by atoms with Gasteiger partial charge in [0.1, 0.15) is 6.04 Å². The molecule has 2 aliphatic rings. The molecule has 0 spiro atoms. The predicted molar refractivity (Wildman–Crippen MR) is 133 cm³/mol. The van der Waals surface area contributed by atoms with E-state index in [2.05, 4.69) is 31.1 Å². The fourth-order valence-corrected chi connectivity index (χ4v) is 5.72. The summed E-state index contributed by atoms with van der Waals surface area (Å²) in [5, 5.41) is 12.3. The van der Waals surface area contributed by atoms with Crippen LogP contribution in [0, 0.1) is 11.3 Å². The third kappa shape index (κ3) is 6.45. The molecule has 206 valence electrons. The van der Waals surface area contributed by atoms with Gasteiger partial charge < -0.3 is 20.2 Å². The highest BCUT2D eigenvalue weighted by atomic mass is 19.4. The summed E-state index contributed by atoms with van der Waals surface area (Å²) in [5.74, 6) is -2.21. The molecule has 3 rings (SSSR count). The highest BCUT2D eigenvalue weighted by molar-refractivity contribution is 5.99. The van der Waals surface area contributed by atoms with Crippen LogP contribution in [-0.2, 0) is 15.8 Å². The summed E-state index contributed by atoms with van der Waals surface area (Å²) in [6, 6.07) is 4.00. The number of carboxylic acid groups (broad SMARTS) is 1. The molecule has 2 fully saturated rings. The first-order valence-electron chi connectivity index (χ1n) is 12.9. The minimum absolute atomic E-state index is 0.0598. The van der Waals surface area contributed by atoms with Gasteiger partial charge in [0.2, 0.25) is 5.91 Å². The van der Waals surface area contributed by atoms with Crippen molar-refractivity contribution in [2.24, 2.45) is 11.3 Å². The third-order valence-electron chi connectivity index (χ3n) is 8.08. The first-order chi connectivity index (χ1) is 17.1. The van der Waals surface area contributed by atoms with E-state index in [0.29, 0.717) is 31.8 Å². The molecule has 1 aromatic rings. The van der Waals surface area contributed by atoms with Gasteiger partial charge in [-0.2, -0.15) is 13.2 Å². The number of aliphatic carboxylic acids is 1. The van der Waals surface area contributed by atoms with Crippen molar-refractivity contribution in [2.45, 2.75) is 90.1 Å². The summed E-state index contributed by atoms with van der Waals surface area (Å²) in [6.07, 6.45) is -1.70. The van der Waals surface area contributed by atoms with E-state index in [-0.39, 0.29) is 23.9 Å². The third-order valence-corrected chi connectivity index (χ3v) is 8.08. The Hall–Kier alpha value is -2.62. The van der Waals surface area contributed by atoms with Gasteiger partial charge in [0.15, 0.2) is 0 Å². The zero-order chi connectivity index (χ0) is 27.7. The van der Waals surface area contributed by atoms with Crippen molar-refractivity contribution in [3.05, 3.63) is 35.4 Å². The number of carboxylic acids is 1. The number of benzene rings is 1. The molecule has 1 aliphatic carbocycles. The lowest BCUT2D eigenvalue weighted by Gasteiger charge is -2.46. The number of nitrogens with zero attached hydrogens (tertiary/aromatic N) is 2. The molecule has 0 radical (unpaired) electrons. The number of carbonyl (C=O) groups excluding carboxylic acids is 2. The zero-order valence-corrected chi connectivity index (χ0v) is 22.1. The van der Waals surface area contributed by atoms with E-state index in [0.717, 1.165) is 25.0 Å². The Morgan fingerprint density at radius 1 is 1.16 bits per heavy atom. The van der Waals surface area contributed by atoms with Crippen LogP contribution < -0.4 is 5.32 Å². The van der Waals surface area contributed by atoms with Gasteiger partial charge in [-0.25, -0.2) is 0 Å². The molecule has 37 heavy (non-hydrogen) atoms. The second kappa shape index (κ2) is 11.0. The van der Waals surface area contributed by atoms with Gasteiger partial charge in [-0.3, -0.25) is 14.4 Å². The Labute approximate surface area is 216 Å². The van der Waals surface area contributed by atoms with Crippen molar-refractivity contribution in [1.82, 2.24) is 15.1 Å². The minimum Gasteiger partial charge on any atom is -0.481 e. The highest BCUT2D eigenvalue weighted by Gasteiger charge is 2.45. The number of carbonyl (C=O) groups is 3. The fourth-order valence-electron chi connectivity index (χ4n) is 5.72. The maximum absolute atomic E-state index is 13.4. The van der Waals surface area contributed by atoms with E-state index in [1.54, 1.807) is 18.7 Å². The predicted octanol–water partition coefficient (Wildman–Crippen LogP) is 4.41. The molecule has 0 bridgehead atoms. The first kappa shape index (κ1) is 28.9. The number of halogens is 3. The quantitative estimate of drug-likeness (QED) is 0.525. The second-order valence-electron chi connectivity index (χ2n) is 11.3. The first-order valence-corrected chi connectivity index (χ1v) is 12.9. The lowest BCUT2D eigenvalue weighted by atomic mass is 9.71. The summed E-state index contributed by atoms with van der Waals surface area (Å²) < 4.78 is 40.1. The standard InChI is InChI=1S/C27H38F3N3O4/c1-16(2)32(5)18-10-11-22(17(14-18)15-26(3,4)25(36)37)33-13-12-21(24(33)35)31-23(34)19-8-6-7-9-20(19)27(28,29)30/h6-9,16-18,21-22H,10-15H2,1-5H3,(H,31,34)(H,36,37)/t17-,18+,21?,22-/m0/s1. The number of hydrogen-bond donors (Lipinski definition) is 2. The lowest BCUT2D eigenvalue weighted by Crippen LogP contribution is -2.52. The number of likely N-dealkylation sites (tertiary alicyclic amines) is 1. The van der Waals surface area contributed by atoms with Crippen molar-refractivity contribution in [3.8, 4) is 0 Å². The van der Waals surface area contributed by atoms with E-state index >= 15 is 0 Å². The molecule has 7 nitrogen and oxygen atoms in total. The van der Waals surface area contributed by atoms with Crippen LogP contribution in [0.2, 0.25) is 0 Å². The van der Waals surface area contributed by atoms with Crippen LogP contribution in [0.25, 0.3) is 0 Å². The Bertz CT molecular complexity index is 1010. The Morgan fingerprint density at radius 3 is 2.41 bits per heavy atom. The molecule has 1 saturated carbocycles. The maximum Gasteiger partial charge on any atom is 0.417 e. The van der Waals surface area contributed by atoms with Gasteiger partial charge in [0, 0.05) is 24.7 Å². The zero-order valence-electron chi connectivity index (χ0n) is 22.1. The van der Waals surface area contributed by atoms with Crippen LogP contribution in [-0.4, -0.2) is 70.4 Å². The number of hydrogen-bond acceptors (Lipinski definition) is 4. The number of alkyl halides is 3. The molecule has 1 aromatic carbocycles. The van der Waals surface area contributed by atoms with Gasteiger partial charge in [-0.1, -0.05) is 12.1 Å². The van der Waals surface area contributed by atoms with E-state index < -0.39 is 40.6 Å². The monoisotopic (exact) mass is 525 g/mol. The van der Waals surface area contributed by atoms with E-state index in [1.807, 2.05) is 0 Å². The maximum atomic E-state index is 13.4. The van der Waals surface area contributed by atoms with E-state index in [4.69, 9.17) is 0 Å². The van der Waals surface area contributed by atoms with Gasteiger partial charge >= 0.3 is 12.1 Å². The van der Waals surface area contributed by atoms with Crippen LogP contribution in [0.3, 0.4) is 0 Å². The molecular formula is C27H38F3N3O4. The summed E-state index contributed by atoms with van der Waals surface area (Å²) >= 11 is 0. The lowest BCUT2D eigenvalue weighted by molar-refractivity contribution is -0.148.